The summed E-state index contributed by atoms with van der Waals surface area (Å²) in [5, 5.41) is 14.4. The third kappa shape index (κ3) is 8.23. The van der Waals surface area contributed by atoms with Crippen molar-refractivity contribution in [2.24, 2.45) is 23.7 Å². The Morgan fingerprint density at radius 2 is 1.74 bits per heavy atom. The van der Waals surface area contributed by atoms with Crippen molar-refractivity contribution in [1.29, 1.82) is 0 Å². The van der Waals surface area contributed by atoms with E-state index in [0.29, 0.717) is 24.9 Å². The largest absolute Gasteiger partial charge is 0.497 e. The molecule has 11 heteroatoms. The molecule has 2 aromatic carbocycles. The number of benzene rings is 2. The number of fused-ring (bicyclic) bond motifs is 2. The van der Waals surface area contributed by atoms with Crippen molar-refractivity contribution < 1.29 is 37.6 Å². The van der Waals surface area contributed by atoms with E-state index < -0.39 is 28.3 Å². The lowest BCUT2D eigenvalue weighted by Crippen LogP contribution is -2.52. The minimum absolute atomic E-state index is 0.00297. The van der Waals surface area contributed by atoms with Crippen LogP contribution in [0.3, 0.4) is 0 Å². The van der Waals surface area contributed by atoms with Crippen LogP contribution >= 0.6 is 0 Å². The predicted molar refractivity (Wildman–Crippen MR) is 157 cm³/mol. The van der Waals surface area contributed by atoms with Crippen LogP contribution in [-0.2, 0) is 31.0 Å². The van der Waals surface area contributed by atoms with Crippen LogP contribution in [0.25, 0.3) is 0 Å². The molecule has 2 N–H and O–H groups in total. The lowest BCUT2D eigenvalue weighted by atomic mass is 9.73. The van der Waals surface area contributed by atoms with Gasteiger partial charge in [-0.15, -0.1) is 0 Å². The van der Waals surface area contributed by atoms with Crippen LogP contribution in [-0.4, -0.2) is 75.6 Å². The molecule has 10 nitrogen and oxygen atoms in total. The number of aliphatic hydroxyl groups excluding tert-OH is 1. The van der Waals surface area contributed by atoms with E-state index in [4.69, 9.17) is 19.2 Å². The molecule has 1 heterocycles. The molecule has 2 bridgehead atoms. The number of hydrogen-bond donors (Lipinski definition) is 2. The molecule has 4 unspecified atom stereocenters. The Morgan fingerprint density at radius 1 is 1.05 bits per heavy atom. The number of sulfonamides is 1. The first-order valence-electron chi connectivity index (χ1n) is 14.7. The van der Waals surface area contributed by atoms with Crippen molar-refractivity contribution in [2.75, 3.05) is 33.4 Å². The Kier molecular flexibility index (Phi) is 11.2. The summed E-state index contributed by atoms with van der Waals surface area (Å²) in [6.45, 7) is 6.63. The normalized spacial score (nSPS) is 24.1. The number of methoxy groups -OCH3 is 1. The summed E-state index contributed by atoms with van der Waals surface area (Å²) in [7, 11) is -2.43. The number of aliphatic hydroxyl groups is 1. The van der Waals surface area contributed by atoms with Gasteiger partial charge in [0.2, 0.25) is 10.0 Å². The summed E-state index contributed by atoms with van der Waals surface area (Å²) >= 11 is 0. The lowest BCUT2D eigenvalue weighted by Gasteiger charge is -2.38. The fourth-order valence-electron chi connectivity index (χ4n) is 5.78. The van der Waals surface area contributed by atoms with E-state index in [1.165, 1.54) is 23.5 Å². The maximum Gasteiger partial charge on any atom is 0.407 e. The van der Waals surface area contributed by atoms with Gasteiger partial charge in [-0.05, 0) is 60.9 Å². The molecule has 0 spiro atoms. The molecule has 2 aromatic rings. The van der Waals surface area contributed by atoms with Crippen molar-refractivity contribution in [3.05, 3.63) is 60.2 Å². The fourth-order valence-corrected chi connectivity index (χ4v) is 7.40. The summed E-state index contributed by atoms with van der Waals surface area (Å²) in [4.78, 5) is 24.1. The van der Waals surface area contributed by atoms with Gasteiger partial charge in [0.1, 0.15) is 11.9 Å². The molecule has 42 heavy (non-hydrogen) atoms. The lowest BCUT2D eigenvalue weighted by molar-refractivity contribution is -0.296. The van der Waals surface area contributed by atoms with Gasteiger partial charge >= 0.3 is 6.09 Å². The Morgan fingerprint density at radius 3 is 2.40 bits per heavy atom. The van der Waals surface area contributed by atoms with Crippen LogP contribution in [0.15, 0.2) is 59.5 Å². The number of nitrogens with zero attached hydrogens (tertiary/aromatic N) is 1. The molecule has 2 fully saturated rings. The first kappa shape index (κ1) is 32.2. The number of amides is 1. The van der Waals surface area contributed by atoms with Crippen molar-refractivity contribution in [3.63, 3.8) is 0 Å². The highest BCUT2D eigenvalue weighted by atomic mass is 32.2. The predicted octanol–water partition coefficient (Wildman–Crippen LogP) is 4.03. The Balaban J connectivity index is 1.54. The number of carbonyl (C=O) groups excluding carboxylic acids is 1. The van der Waals surface area contributed by atoms with Crippen molar-refractivity contribution in [1.82, 2.24) is 9.62 Å². The maximum absolute atomic E-state index is 13.7. The van der Waals surface area contributed by atoms with Crippen molar-refractivity contribution in [2.45, 2.75) is 63.2 Å². The second kappa shape index (κ2) is 14.7. The van der Waals surface area contributed by atoms with E-state index in [1.807, 2.05) is 44.2 Å². The number of hydrogen-bond acceptors (Lipinski definition) is 8. The standard InChI is InChI=1S/C31H44N2O8S/c1-21(2)17-33(42(36,37)26-14-12-25(38-4)13-15-26)18-29(34)28(16-23-8-6-5-7-9-23)32-31(35)41-30-24-11-10-22(3)27(30)20-40-39-19-24/h5-9,12-15,21-22,24,27-30,34H,10-11,16-20H2,1-4H3,(H,32,35)/t22?,24?,27?,28-,29+,30?/m0/s1. The topological polar surface area (TPSA) is 124 Å². The van der Waals surface area contributed by atoms with Gasteiger partial charge in [0.25, 0.3) is 0 Å². The zero-order valence-electron chi connectivity index (χ0n) is 24.8. The van der Waals surface area contributed by atoms with E-state index >= 15 is 0 Å². The molecule has 1 saturated carbocycles. The summed E-state index contributed by atoms with van der Waals surface area (Å²) in [5.74, 6) is 0.871. The zero-order valence-corrected chi connectivity index (χ0v) is 25.7. The summed E-state index contributed by atoms with van der Waals surface area (Å²) in [6.07, 6.45) is -0.0906. The van der Waals surface area contributed by atoms with Gasteiger partial charge in [-0.3, -0.25) is 0 Å². The number of carbonyl (C=O) groups is 1. The number of ether oxygens (including phenoxy) is 2. The van der Waals surface area contributed by atoms with Gasteiger partial charge in [-0.2, -0.15) is 4.31 Å². The fraction of sp³-hybridized carbons (Fsp3) is 0.581. The molecule has 6 atom stereocenters. The Bertz CT molecular complexity index is 1240. The highest BCUT2D eigenvalue weighted by molar-refractivity contribution is 7.89. The molecule has 1 aliphatic heterocycles. The van der Waals surface area contributed by atoms with Crippen LogP contribution in [0.4, 0.5) is 4.79 Å². The van der Waals surface area contributed by atoms with Crippen molar-refractivity contribution >= 4 is 16.1 Å². The molecule has 4 rings (SSSR count). The van der Waals surface area contributed by atoms with Crippen LogP contribution in [0, 0.1) is 23.7 Å². The minimum atomic E-state index is -3.95. The first-order chi connectivity index (χ1) is 20.1. The molecule has 1 aliphatic carbocycles. The third-order valence-corrected chi connectivity index (χ3v) is 10.0. The quantitative estimate of drug-likeness (QED) is 0.348. The monoisotopic (exact) mass is 604 g/mol. The molecule has 0 radical (unpaired) electrons. The second-order valence-corrected chi connectivity index (χ2v) is 13.8. The summed E-state index contributed by atoms with van der Waals surface area (Å²) in [6, 6.07) is 14.8. The zero-order chi connectivity index (χ0) is 30.3. The van der Waals surface area contributed by atoms with Gasteiger partial charge in [0.15, 0.2) is 0 Å². The molecule has 0 aromatic heterocycles. The van der Waals surface area contributed by atoms with Crippen LogP contribution in [0.2, 0.25) is 0 Å². The third-order valence-electron chi connectivity index (χ3n) is 8.20. The van der Waals surface area contributed by atoms with E-state index in [9.17, 15) is 18.3 Å². The smallest absolute Gasteiger partial charge is 0.407 e. The van der Waals surface area contributed by atoms with E-state index in [0.717, 1.165) is 18.4 Å². The first-order valence-corrected chi connectivity index (χ1v) is 16.1. The summed E-state index contributed by atoms with van der Waals surface area (Å²) < 4.78 is 39.8. The van der Waals surface area contributed by atoms with Gasteiger partial charge in [-0.1, -0.05) is 51.1 Å². The highest BCUT2D eigenvalue weighted by Crippen LogP contribution is 2.38. The number of alkyl carbamates (subject to hydrolysis) is 1. The molecular formula is C31H44N2O8S. The minimum Gasteiger partial charge on any atom is -0.497 e. The van der Waals surface area contributed by atoms with Gasteiger partial charge < -0.3 is 19.9 Å². The van der Waals surface area contributed by atoms with Gasteiger partial charge in [-0.25, -0.2) is 23.0 Å². The second-order valence-electron chi connectivity index (χ2n) is 11.8. The summed E-state index contributed by atoms with van der Waals surface area (Å²) in [5.41, 5.74) is 0.886. The molecule has 1 amide bonds. The maximum atomic E-state index is 13.7. The number of nitrogens with one attached hydrogen (secondary N) is 1. The van der Waals surface area contributed by atoms with Gasteiger partial charge in [0, 0.05) is 24.9 Å². The molecule has 2 aliphatic rings. The Hall–Kier alpha value is -2.70. The SMILES string of the molecule is COc1ccc(S(=O)(=O)N(CC(C)C)C[C@@H](O)[C@H](Cc2ccccc2)NC(=O)OC2C3CCC(C)C2COOC3)cc1. The van der Waals surface area contributed by atoms with Gasteiger partial charge in [0.05, 0.1) is 37.4 Å². The van der Waals surface area contributed by atoms with Crippen LogP contribution < -0.4 is 10.1 Å². The van der Waals surface area contributed by atoms with Crippen LogP contribution in [0.5, 0.6) is 5.75 Å². The molecule has 232 valence electrons. The van der Waals surface area contributed by atoms with E-state index in [-0.39, 0.29) is 48.3 Å². The highest BCUT2D eigenvalue weighted by Gasteiger charge is 2.43. The van der Waals surface area contributed by atoms with E-state index in [1.54, 1.807) is 12.1 Å². The average Bonchev–Trinajstić information content (AvgIpc) is 3.11. The number of rotatable bonds is 12. The Labute approximate surface area is 249 Å². The molecular weight excluding hydrogens is 560 g/mol. The average molecular weight is 605 g/mol. The van der Waals surface area contributed by atoms with E-state index in [2.05, 4.69) is 12.2 Å². The van der Waals surface area contributed by atoms with Crippen LogP contribution in [0.1, 0.15) is 39.2 Å². The molecule has 1 saturated heterocycles. The van der Waals surface area contributed by atoms with Crippen molar-refractivity contribution in [3.8, 4) is 5.75 Å².